The summed E-state index contributed by atoms with van der Waals surface area (Å²) in [6, 6.07) is 8.23. The molecule has 11 heteroatoms. The van der Waals surface area contributed by atoms with E-state index in [1.165, 1.54) is 24.4 Å². The normalized spacial score (nSPS) is 11.3. The van der Waals surface area contributed by atoms with Crippen molar-refractivity contribution in [3.63, 3.8) is 0 Å². The van der Waals surface area contributed by atoms with E-state index in [1.807, 2.05) is 25.1 Å². The van der Waals surface area contributed by atoms with Crippen molar-refractivity contribution in [2.75, 3.05) is 25.0 Å². The molecule has 2 heterocycles. The summed E-state index contributed by atoms with van der Waals surface area (Å²) < 4.78 is 47.4. The first-order valence-electron chi connectivity index (χ1n) is 13.8. The lowest BCUT2D eigenvalue weighted by Crippen LogP contribution is -2.19. The highest BCUT2D eigenvalue weighted by atomic mass is 19.3. The maximum atomic E-state index is 15.6. The zero-order valence-electron chi connectivity index (χ0n) is 23.4. The molecule has 3 N–H and O–H groups in total. The molecule has 0 saturated carbocycles. The van der Waals surface area contributed by atoms with Crippen molar-refractivity contribution in [1.29, 1.82) is 0 Å². The second-order valence-electron chi connectivity index (χ2n) is 9.59. The Morgan fingerprint density at radius 1 is 1.19 bits per heavy atom. The highest BCUT2D eigenvalue weighted by molar-refractivity contribution is 5.98. The minimum absolute atomic E-state index is 0.00687. The number of aromatic nitrogens is 3. The Labute approximate surface area is 242 Å². The van der Waals surface area contributed by atoms with Crippen LogP contribution in [0.15, 0.2) is 61.6 Å². The highest BCUT2D eigenvalue weighted by Gasteiger charge is 2.20. The van der Waals surface area contributed by atoms with Gasteiger partial charge in [-0.15, -0.1) is 6.58 Å². The molecular formula is C31H34F3N5O3. The number of hydrogen-bond acceptors (Lipinski definition) is 7. The smallest absolute Gasteiger partial charge is 0.387 e. The van der Waals surface area contributed by atoms with E-state index in [2.05, 4.69) is 31.9 Å². The number of allylic oxidation sites excluding steroid dienone is 1. The number of unbranched alkanes of at least 4 members (excludes halogenated alkanes) is 1. The molecule has 0 fully saturated rings. The van der Waals surface area contributed by atoms with Crippen LogP contribution in [-0.2, 0) is 12.8 Å². The molecule has 0 atom stereocenters. The molecule has 4 rings (SSSR count). The number of Topliss-reactive ketones (excluding diaryl/α,β-unsaturated/α-hetero) is 1. The Morgan fingerprint density at radius 2 is 2.02 bits per heavy atom. The molecule has 0 saturated heterocycles. The lowest BCUT2D eigenvalue weighted by Gasteiger charge is -2.14. The van der Waals surface area contributed by atoms with Gasteiger partial charge in [0, 0.05) is 47.7 Å². The molecule has 0 spiro atoms. The van der Waals surface area contributed by atoms with Gasteiger partial charge in [-0.3, -0.25) is 9.20 Å². The summed E-state index contributed by atoms with van der Waals surface area (Å²) in [5.74, 6) is -0.436. The molecule has 0 unspecified atom stereocenters. The van der Waals surface area contributed by atoms with Gasteiger partial charge in [-0.2, -0.15) is 8.78 Å². The molecule has 0 aliphatic carbocycles. The second kappa shape index (κ2) is 14.6. The fourth-order valence-electron chi connectivity index (χ4n) is 4.80. The molecule has 0 amide bonds. The van der Waals surface area contributed by atoms with Gasteiger partial charge in [0.1, 0.15) is 11.6 Å². The zero-order valence-corrected chi connectivity index (χ0v) is 23.4. The Bertz CT molecular complexity index is 1540. The number of carbonyl (C=O) groups excluding carboxylic acids is 1. The largest absolute Gasteiger partial charge is 0.434 e. The van der Waals surface area contributed by atoms with Crippen LogP contribution in [0, 0.1) is 5.82 Å². The number of alkyl halides is 2. The van der Waals surface area contributed by atoms with Gasteiger partial charge < -0.3 is 20.5 Å². The monoisotopic (exact) mass is 581 g/mol. The first-order chi connectivity index (χ1) is 20.4. The number of halogens is 3. The number of nitrogens with zero attached hydrogens (tertiary/aromatic N) is 3. The molecule has 2 aromatic carbocycles. The first kappa shape index (κ1) is 30.7. The van der Waals surface area contributed by atoms with Crippen LogP contribution in [0.4, 0.5) is 24.7 Å². The molecule has 2 aromatic heterocycles. The summed E-state index contributed by atoms with van der Waals surface area (Å²) in [5, 5.41) is 15.2. The molecular weight excluding hydrogens is 547 g/mol. The lowest BCUT2D eigenvalue weighted by atomic mass is 9.97. The van der Waals surface area contributed by atoms with Crippen LogP contribution in [0.1, 0.15) is 47.7 Å². The number of benzene rings is 2. The fraction of sp³-hybridized carbons (Fsp3) is 0.323. The Kier molecular flexibility index (Phi) is 10.7. The van der Waals surface area contributed by atoms with Crippen LogP contribution < -0.4 is 15.4 Å². The van der Waals surface area contributed by atoms with E-state index < -0.39 is 12.4 Å². The Balaban J connectivity index is 1.56. The summed E-state index contributed by atoms with van der Waals surface area (Å²) in [6.45, 7) is 3.89. The van der Waals surface area contributed by atoms with Gasteiger partial charge in [-0.25, -0.2) is 14.4 Å². The van der Waals surface area contributed by atoms with Crippen molar-refractivity contribution in [3.05, 3.63) is 84.1 Å². The van der Waals surface area contributed by atoms with Crippen LogP contribution in [-0.4, -0.2) is 51.6 Å². The third kappa shape index (κ3) is 7.15. The molecule has 8 nitrogen and oxygen atoms in total. The van der Waals surface area contributed by atoms with E-state index in [1.54, 1.807) is 16.8 Å². The Hall–Kier alpha value is -4.22. The number of aryl methyl sites for hydroxylation is 1. The predicted octanol–water partition coefficient (Wildman–Crippen LogP) is 6.11. The van der Waals surface area contributed by atoms with Crippen molar-refractivity contribution in [2.45, 2.75) is 45.6 Å². The number of carbonyl (C=O) groups is 1. The molecule has 0 aliphatic rings. The van der Waals surface area contributed by atoms with Crippen molar-refractivity contribution in [3.8, 4) is 17.0 Å². The zero-order chi connectivity index (χ0) is 30.1. The fourth-order valence-corrected chi connectivity index (χ4v) is 4.80. The number of ether oxygens (including phenoxy) is 1. The summed E-state index contributed by atoms with van der Waals surface area (Å²) in [7, 11) is 0. The van der Waals surface area contributed by atoms with Gasteiger partial charge >= 0.3 is 6.61 Å². The van der Waals surface area contributed by atoms with E-state index in [-0.39, 0.29) is 35.7 Å². The number of nitrogens with one attached hydrogen (secondary N) is 2. The van der Waals surface area contributed by atoms with Crippen LogP contribution in [0.5, 0.6) is 5.75 Å². The Morgan fingerprint density at radius 3 is 2.76 bits per heavy atom. The molecule has 42 heavy (non-hydrogen) atoms. The molecule has 0 aliphatic heterocycles. The molecule has 0 radical (unpaired) electrons. The summed E-state index contributed by atoms with van der Waals surface area (Å²) >= 11 is 0. The second-order valence-corrected chi connectivity index (χ2v) is 9.59. The van der Waals surface area contributed by atoms with Gasteiger partial charge in [0.15, 0.2) is 17.2 Å². The number of rotatable bonds is 16. The number of hydrogen-bond donors (Lipinski definition) is 3. The summed E-state index contributed by atoms with van der Waals surface area (Å²) in [4.78, 5) is 21.7. The predicted molar refractivity (Wildman–Crippen MR) is 156 cm³/mol. The summed E-state index contributed by atoms with van der Waals surface area (Å²) in [6.07, 6.45) is 8.81. The number of aliphatic hydroxyl groups excluding tert-OH is 1. The van der Waals surface area contributed by atoms with Crippen LogP contribution in [0.3, 0.4) is 0 Å². The number of aliphatic hydroxyl groups is 1. The van der Waals surface area contributed by atoms with Gasteiger partial charge in [0.05, 0.1) is 18.5 Å². The number of imidazole rings is 1. The number of anilines is 2. The number of ketones is 1. The molecule has 222 valence electrons. The lowest BCUT2D eigenvalue weighted by molar-refractivity contribution is -0.0505. The maximum absolute atomic E-state index is 15.6. The topological polar surface area (TPSA) is 101 Å². The molecule has 0 bridgehead atoms. The van der Waals surface area contributed by atoms with E-state index in [4.69, 9.17) is 5.11 Å². The van der Waals surface area contributed by atoms with E-state index in [9.17, 15) is 13.6 Å². The van der Waals surface area contributed by atoms with Crippen molar-refractivity contribution < 1.29 is 27.8 Å². The SMILES string of the molecule is C=CCc1c(OC(F)F)ccc(-c2cnc3c(Nc4ccc(C(=O)CCCCNCCO)c(CC)c4)nccn23)c1F. The minimum Gasteiger partial charge on any atom is -0.434 e. The average molecular weight is 582 g/mol. The van der Waals surface area contributed by atoms with Gasteiger partial charge in [-0.05, 0) is 68.1 Å². The standard InChI is InChI=1S/C31H34F3N5O3/c1-3-7-24-27(42-31(33)34)12-11-23(28(24)32)25-19-37-30-29(36-14-16-39(25)30)38-21-9-10-22(20(4-2)18-21)26(41)8-5-6-13-35-15-17-40/h3,9-12,14,16,18-19,31,35,40H,1,4-8,13,15,17H2,2H3,(H,36,38). The third-order valence-corrected chi connectivity index (χ3v) is 6.81. The van der Waals surface area contributed by atoms with Crippen LogP contribution >= 0.6 is 0 Å². The van der Waals surface area contributed by atoms with Gasteiger partial charge in [0.25, 0.3) is 0 Å². The third-order valence-electron chi connectivity index (χ3n) is 6.81. The van der Waals surface area contributed by atoms with Crippen molar-refractivity contribution in [1.82, 2.24) is 19.7 Å². The first-order valence-corrected chi connectivity index (χ1v) is 13.8. The van der Waals surface area contributed by atoms with Crippen molar-refractivity contribution >= 4 is 22.9 Å². The quantitative estimate of drug-likeness (QED) is 0.0835. The van der Waals surface area contributed by atoms with Crippen LogP contribution in [0.25, 0.3) is 16.9 Å². The van der Waals surface area contributed by atoms with Gasteiger partial charge in [0.2, 0.25) is 0 Å². The number of fused-ring (bicyclic) bond motifs is 1. The molecule has 4 aromatic rings. The highest BCUT2D eigenvalue weighted by Crippen LogP contribution is 2.34. The average Bonchev–Trinajstić information content (AvgIpc) is 3.41. The minimum atomic E-state index is -3.08. The van der Waals surface area contributed by atoms with E-state index in [0.29, 0.717) is 42.1 Å². The van der Waals surface area contributed by atoms with Gasteiger partial charge in [-0.1, -0.05) is 13.0 Å². The van der Waals surface area contributed by atoms with Crippen molar-refractivity contribution in [2.24, 2.45) is 0 Å². The van der Waals surface area contributed by atoms with E-state index >= 15 is 4.39 Å². The maximum Gasteiger partial charge on any atom is 0.387 e. The van der Waals surface area contributed by atoms with Crippen LogP contribution in [0.2, 0.25) is 0 Å². The van der Waals surface area contributed by atoms with E-state index in [0.717, 1.165) is 30.6 Å². The summed E-state index contributed by atoms with van der Waals surface area (Å²) in [5.41, 5.74) is 3.29.